The van der Waals surface area contributed by atoms with Gasteiger partial charge in [0.15, 0.2) is 0 Å². The van der Waals surface area contributed by atoms with Crippen LogP contribution in [0.15, 0.2) is 42.5 Å². The number of likely N-dealkylation sites (tertiary alicyclic amines) is 1. The van der Waals surface area contributed by atoms with E-state index in [1.807, 2.05) is 42.5 Å². The maximum absolute atomic E-state index is 12.2. The van der Waals surface area contributed by atoms with E-state index in [1.165, 1.54) is 0 Å². The predicted molar refractivity (Wildman–Crippen MR) is 104 cm³/mol. The number of piperidine rings is 1. The molecule has 6 heteroatoms. The Morgan fingerprint density at radius 2 is 1.96 bits per heavy atom. The number of nitrogens with two attached hydrogens (primary N) is 1. The molecule has 1 aliphatic heterocycles. The molecule has 1 atom stereocenters. The van der Waals surface area contributed by atoms with E-state index in [4.69, 9.17) is 5.73 Å². The topological polar surface area (TPSA) is 87.5 Å². The van der Waals surface area contributed by atoms with Gasteiger partial charge >= 0.3 is 6.03 Å². The van der Waals surface area contributed by atoms with Crippen molar-refractivity contribution in [1.82, 2.24) is 10.2 Å². The van der Waals surface area contributed by atoms with E-state index in [-0.39, 0.29) is 17.9 Å². The Kier molecular flexibility index (Phi) is 6.07. The predicted octanol–water partition coefficient (Wildman–Crippen LogP) is 2.55. The largest absolute Gasteiger partial charge is 0.369 e. The first-order valence-corrected chi connectivity index (χ1v) is 9.18. The Bertz CT molecular complexity index is 772. The van der Waals surface area contributed by atoms with E-state index in [0.717, 1.165) is 55.4 Å². The molecule has 0 aromatic heterocycles. The molecule has 0 radical (unpaired) electrons. The Hall–Kier alpha value is -2.60. The van der Waals surface area contributed by atoms with E-state index in [0.29, 0.717) is 6.54 Å². The van der Waals surface area contributed by atoms with E-state index in [2.05, 4.69) is 15.5 Å². The smallest absolute Gasteiger partial charge is 0.319 e. The Labute approximate surface area is 153 Å². The van der Waals surface area contributed by atoms with Crippen LogP contribution in [0.1, 0.15) is 19.3 Å². The summed E-state index contributed by atoms with van der Waals surface area (Å²) in [4.78, 5) is 25.7. The number of nitrogens with one attached hydrogen (secondary N) is 2. The number of amides is 3. The molecule has 4 N–H and O–H groups in total. The fourth-order valence-corrected chi connectivity index (χ4v) is 3.50. The first-order chi connectivity index (χ1) is 12.6. The maximum atomic E-state index is 12.2. The fourth-order valence-electron chi connectivity index (χ4n) is 3.50. The van der Waals surface area contributed by atoms with Gasteiger partial charge < -0.3 is 21.3 Å². The van der Waals surface area contributed by atoms with Crippen LogP contribution >= 0.6 is 0 Å². The molecule has 3 amide bonds. The number of anilines is 1. The summed E-state index contributed by atoms with van der Waals surface area (Å²) in [5, 5.41) is 7.94. The number of fused-ring (bicyclic) bond motifs is 1. The molecule has 0 spiro atoms. The Morgan fingerprint density at radius 3 is 2.81 bits per heavy atom. The molecule has 6 nitrogen and oxygen atoms in total. The van der Waals surface area contributed by atoms with Gasteiger partial charge in [0.2, 0.25) is 5.91 Å². The highest BCUT2D eigenvalue weighted by molar-refractivity contribution is 6.01. The molecule has 2 aromatic carbocycles. The number of urea groups is 1. The summed E-state index contributed by atoms with van der Waals surface area (Å²) in [7, 11) is 0. The van der Waals surface area contributed by atoms with Crippen molar-refractivity contribution in [3.8, 4) is 0 Å². The van der Waals surface area contributed by atoms with Gasteiger partial charge in [0.1, 0.15) is 0 Å². The van der Waals surface area contributed by atoms with Gasteiger partial charge in [0, 0.05) is 18.5 Å². The normalized spacial score (nSPS) is 17.8. The molecular formula is C20H26N4O2. The molecular weight excluding hydrogens is 328 g/mol. The monoisotopic (exact) mass is 354 g/mol. The highest BCUT2D eigenvalue weighted by Gasteiger charge is 2.23. The summed E-state index contributed by atoms with van der Waals surface area (Å²) in [6.07, 6.45) is 2.73. The lowest BCUT2D eigenvalue weighted by Gasteiger charge is -2.31. The lowest BCUT2D eigenvalue weighted by molar-refractivity contribution is -0.123. The summed E-state index contributed by atoms with van der Waals surface area (Å²) in [5.41, 5.74) is 6.21. The van der Waals surface area contributed by atoms with Crippen molar-refractivity contribution in [3.05, 3.63) is 42.5 Å². The molecule has 1 saturated heterocycles. The Morgan fingerprint density at radius 1 is 1.15 bits per heavy atom. The second-order valence-electron chi connectivity index (χ2n) is 6.80. The number of hydrogen-bond donors (Lipinski definition) is 3. The molecule has 1 aliphatic rings. The summed E-state index contributed by atoms with van der Waals surface area (Å²) in [6, 6.07) is 13.6. The number of carbonyl (C=O) groups excluding carboxylic acids is 2. The summed E-state index contributed by atoms with van der Waals surface area (Å²) in [6.45, 7) is 3.18. The molecule has 26 heavy (non-hydrogen) atoms. The number of nitrogens with zero attached hydrogens (tertiary/aromatic N) is 1. The molecule has 0 aliphatic carbocycles. The van der Waals surface area contributed by atoms with Crippen LogP contribution in [0.3, 0.4) is 0 Å². The number of rotatable bonds is 6. The van der Waals surface area contributed by atoms with Gasteiger partial charge in [0.05, 0.1) is 11.6 Å². The van der Waals surface area contributed by atoms with Gasteiger partial charge in [-0.15, -0.1) is 0 Å². The zero-order valence-corrected chi connectivity index (χ0v) is 14.9. The fraction of sp³-hybridized carbons (Fsp3) is 0.400. The third-order valence-electron chi connectivity index (χ3n) is 4.88. The Balaban J connectivity index is 1.42. The third-order valence-corrected chi connectivity index (χ3v) is 4.88. The lowest BCUT2D eigenvalue weighted by Crippen LogP contribution is -2.42. The van der Waals surface area contributed by atoms with E-state index < -0.39 is 0 Å². The van der Waals surface area contributed by atoms with Crippen LogP contribution in [-0.2, 0) is 4.79 Å². The summed E-state index contributed by atoms with van der Waals surface area (Å²) < 4.78 is 0. The minimum atomic E-state index is -0.206. The van der Waals surface area contributed by atoms with E-state index in [9.17, 15) is 9.59 Å². The van der Waals surface area contributed by atoms with Crippen LogP contribution in [0.5, 0.6) is 0 Å². The van der Waals surface area contributed by atoms with Crippen LogP contribution in [-0.4, -0.2) is 43.0 Å². The van der Waals surface area contributed by atoms with Crippen molar-refractivity contribution in [2.24, 2.45) is 11.7 Å². The zero-order chi connectivity index (χ0) is 18.4. The number of carbonyl (C=O) groups is 2. The van der Waals surface area contributed by atoms with Crippen molar-refractivity contribution in [2.45, 2.75) is 19.3 Å². The molecule has 0 bridgehead atoms. The zero-order valence-electron chi connectivity index (χ0n) is 14.9. The van der Waals surface area contributed by atoms with Crippen molar-refractivity contribution in [3.63, 3.8) is 0 Å². The van der Waals surface area contributed by atoms with Gasteiger partial charge in [-0.05, 0) is 43.8 Å². The quantitative estimate of drug-likeness (QED) is 0.697. The summed E-state index contributed by atoms with van der Waals surface area (Å²) in [5.74, 6) is -0.242. The second kappa shape index (κ2) is 8.67. The van der Waals surface area contributed by atoms with E-state index >= 15 is 0 Å². The third kappa shape index (κ3) is 4.73. The SMILES string of the molecule is NC(=O)C1CCCN(CCCNC(=O)Nc2cccc3ccccc23)C1. The second-order valence-corrected chi connectivity index (χ2v) is 6.80. The van der Waals surface area contributed by atoms with Gasteiger partial charge in [0.25, 0.3) is 0 Å². The molecule has 3 rings (SSSR count). The van der Waals surface area contributed by atoms with Crippen LogP contribution in [0.4, 0.5) is 10.5 Å². The minimum Gasteiger partial charge on any atom is -0.369 e. The minimum absolute atomic E-state index is 0.0358. The van der Waals surface area contributed by atoms with Crippen molar-refractivity contribution in [1.29, 1.82) is 0 Å². The maximum Gasteiger partial charge on any atom is 0.319 e. The van der Waals surface area contributed by atoms with Crippen LogP contribution < -0.4 is 16.4 Å². The van der Waals surface area contributed by atoms with Gasteiger partial charge in [-0.25, -0.2) is 4.79 Å². The average Bonchev–Trinajstić information content (AvgIpc) is 2.66. The van der Waals surface area contributed by atoms with Gasteiger partial charge in [-0.3, -0.25) is 4.79 Å². The van der Waals surface area contributed by atoms with Gasteiger partial charge in [-0.2, -0.15) is 0 Å². The van der Waals surface area contributed by atoms with Crippen molar-refractivity contribution in [2.75, 3.05) is 31.5 Å². The van der Waals surface area contributed by atoms with Crippen LogP contribution in [0, 0.1) is 5.92 Å². The standard InChI is InChI=1S/C20H26N4O2/c21-19(25)16-8-4-12-24(14-16)13-5-11-22-20(26)23-18-10-3-7-15-6-1-2-9-17(15)18/h1-3,6-7,9-10,16H,4-5,8,11-14H2,(H2,21,25)(H2,22,23,26). The van der Waals surface area contributed by atoms with Crippen molar-refractivity contribution < 1.29 is 9.59 Å². The molecule has 1 heterocycles. The molecule has 0 saturated carbocycles. The van der Waals surface area contributed by atoms with Gasteiger partial charge in [-0.1, -0.05) is 36.4 Å². The number of primary amides is 1. The van der Waals surface area contributed by atoms with E-state index in [1.54, 1.807) is 0 Å². The molecule has 2 aromatic rings. The average molecular weight is 354 g/mol. The van der Waals surface area contributed by atoms with Crippen molar-refractivity contribution >= 4 is 28.4 Å². The number of hydrogen-bond acceptors (Lipinski definition) is 3. The highest BCUT2D eigenvalue weighted by atomic mass is 16.2. The molecule has 1 fully saturated rings. The highest BCUT2D eigenvalue weighted by Crippen LogP contribution is 2.22. The first kappa shape index (κ1) is 18.2. The summed E-state index contributed by atoms with van der Waals surface area (Å²) >= 11 is 0. The molecule has 1 unspecified atom stereocenters. The van der Waals surface area contributed by atoms with Crippen LogP contribution in [0.25, 0.3) is 10.8 Å². The number of benzene rings is 2. The molecule has 138 valence electrons. The first-order valence-electron chi connectivity index (χ1n) is 9.18. The van der Waals surface area contributed by atoms with Crippen LogP contribution in [0.2, 0.25) is 0 Å². The lowest BCUT2D eigenvalue weighted by atomic mass is 9.97.